The molecule has 5 nitrogen and oxygen atoms in total. The minimum absolute atomic E-state index is 0.188. The maximum Gasteiger partial charge on any atom is 0.120 e. The number of nitrogens with zero attached hydrogens (tertiary/aromatic N) is 1. The molecule has 0 unspecified atom stereocenters. The van der Waals surface area contributed by atoms with Crippen molar-refractivity contribution in [1.82, 2.24) is 15.3 Å². The van der Waals surface area contributed by atoms with Gasteiger partial charge in [-0.2, -0.15) is 0 Å². The number of hydrogen-bond donors (Lipinski definition) is 2. The average molecular weight is 289 g/mol. The molecule has 0 spiro atoms. The number of benzene rings is 1. The molecule has 0 radical (unpaired) electrons. The highest BCUT2D eigenvalue weighted by Crippen LogP contribution is 2.21. The number of aromatic amines is 1. The number of rotatable bonds is 8. The summed E-state index contributed by atoms with van der Waals surface area (Å²) in [6, 6.07) is 8.03. The molecule has 5 heteroatoms. The normalized spacial score (nSPS) is 11.0. The molecule has 0 atom stereocenters. The molecule has 1 heterocycles. The SMILES string of the molecule is COCCNCc1ncc(-c2ccc(OC(C)C)cc2)[nH]1. The van der Waals surface area contributed by atoms with Crippen LogP contribution in [0.25, 0.3) is 11.3 Å². The molecule has 0 fully saturated rings. The monoisotopic (exact) mass is 289 g/mol. The molecule has 0 amide bonds. The van der Waals surface area contributed by atoms with Crippen molar-refractivity contribution in [3.8, 4) is 17.0 Å². The van der Waals surface area contributed by atoms with E-state index in [1.807, 2.05) is 44.3 Å². The van der Waals surface area contributed by atoms with Gasteiger partial charge < -0.3 is 19.8 Å². The summed E-state index contributed by atoms with van der Waals surface area (Å²) in [6.07, 6.45) is 2.04. The molecule has 114 valence electrons. The number of imidazole rings is 1. The Morgan fingerprint density at radius 3 is 2.67 bits per heavy atom. The fraction of sp³-hybridized carbons (Fsp3) is 0.438. The van der Waals surface area contributed by atoms with E-state index in [9.17, 15) is 0 Å². The highest BCUT2D eigenvalue weighted by atomic mass is 16.5. The lowest BCUT2D eigenvalue weighted by Crippen LogP contribution is -2.19. The van der Waals surface area contributed by atoms with Gasteiger partial charge in [0, 0.05) is 13.7 Å². The number of H-pyrrole nitrogens is 1. The van der Waals surface area contributed by atoms with Crippen molar-refractivity contribution >= 4 is 0 Å². The molecular formula is C16H23N3O2. The van der Waals surface area contributed by atoms with Gasteiger partial charge in [-0.3, -0.25) is 0 Å². The van der Waals surface area contributed by atoms with Crippen LogP contribution in [0.5, 0.6) is 5.75 Å². The fourth-order valence-corrected chi connectivity index (χ4v) is 1.97. The lowest BCUT2D eigenvalue weighted by atomic mass is 10.1. The van der Waals surface area contributed by atoms with Crippen LogP contribution in [0.1, 0.15) is 19.7 Å². The van der Waals surface area contributed by atoms with E-state index < -0.39 is 0 Å². The molecule has 2 aromatic rings. The van der Waals surface area contributed by atoms with Crippen LogP contribution in [0, 0.1) is 0 Å². The summed E-state index contributed by atoms with van der Waals surface area (Å²) in [5, 5.41) is 3.26. The molecule has 0 aliphatic carbocycles. The van der Waals surface area contributed by atoms with Crippen LogP contribution in [-0.4, -0.2) is 36.3 Å². The first-order chi connectivity index (χ1) is 10.2. The summed E-state index contributed by atoms with van der Waals surface area (Å²) in [5.74, 6) is 1.80. The van der Waals surface area contributed by atoms with Crippen molar-refractivity contribution < 1.29 is 9.47 Å². The van der Waals surface area contributed by atoms with Gasteiger partial charge in [-0.15, -0.1) is 0 Å². The lowest BCUT2D eigenvalue weighted by molar-refractivity contribution is 0.199. The molecule has 0 saturated heterocycles. The predicted molar refractivity (Wildman–Crippen MR) is 83.4 cm³/mol. The average Bonchev–Trinajstić information content (AvgIpc) is 2.93. The van der Waals surface area contributed by atoms with Crippen molar-refractivity contribution in [3.05, 3.63) is 36.3 Å². The Bertz CT molecular complexity index is 535. The molecule has 0 aliphatic rings. The van der Waals surface area contributed by atoms with Crippen LogP contribution in [-0.2, 0) is 11.3 Å². The van der Waals surface area contributed by atoms with E-state index in [0.717, 1.165) is 29.4 Å². The summed E-state index contributed by atoms with van der Waals surface area (Å²) in [6.45, 7) is 6.26. The fourth-order valence-electron chi connectivity index (χ4n) is 1.97. The maximum absolute atomic E-state index is 5.64. The zero-order valence-electron chi connectivity index (χ0n) is 12.8. The maximum atomic E-state index is 5.64. The molecule has 2 rings (SSSR count). The first-order valence-electron chi connectivity index (χ1n) is 7.19. The molecular weight excluding hydrogens is 266 g/mol. The minimum Gasteiger partial charge on any atom is -0.491 e. The highest BCUT2D eigenvalue weighted by Gasteiger charge is 2.04. The van der Waals surface area contributed by atoms with Crippen molar-refractivity contribution in [1.29, 1.82) is 0 Å². The van der Waals surface area contributed by atoms with Crippen LogP contribution in [0.15, 0.2) is 30.5 Å². The van der Waals surface area contributed by atoms with Crippen LogP contribution < -0.4 is 10.1 Å². The van der Waals surface area contributed by atoms with Gasteiger partial charge in [0.2, 0.25) is 0 Å². The number of hydrogen-bond acceptors (Lipinski definition) is 4. The first-order valence-corrected chi connectivity index (χ1v) is 7.19. The number of aromatic nitrogens is 2. The minimum atomic E-state index is 0.188. The Kier molecular flexibility index (Phi) is 5.78. The third-order valence-electron chi connectivity index (χ3n) is 2.94. The van der Waals surface area contributed by atoms with Crippen molar-refractivity contribution in [2.24, 2.45) is 0 Å². The number of ether oxygens (including phenoxy) is 2. The highest BCUT2D eigenvalue weighted by molar-refractivity contribution is 5.59. The summed E-state index contributed by atoms with van der Waals surface area (Å²) < 4.78 is 10.6. The Hall–Kier alpha value is -1.85. The van der Waals surface area contributed by atoms with Gasteiger partial charge in [0.05, 0.1) is 31.1 Å². The zero-order valence-corrected chi connectivity index (χ0v) is 12.8. The van der Waals surface area contributed by atoms with Crippen LogP contribution in [0.3, 0.4) is 0 Å². The van der Waals surface area contributed by atoms with E-state index in [1.165, 1.54) is 0 Å². The summed E-state index contributed by atoms with van der Waals surface area (Å²) in [5.41, 5.74) is 2.11. The second kappa shape index (κ2) is 7.81. The third kappa shape index (κ3) is 4.88. The van der Waals surface area contributed by atoms with Gasteiger partial charge in [0.15, 0.2) is 0 Å². The largest absolute Gasteiger partial charge is 0.491 e. The van der Waals surface area contributed by atoms with E-state index in [4.69, 9.17) is 9.47 Å². The van der Waals surface area contributed by atoms with Gasteiger partial charge in [-0.25, -0.2) is 4.98 Å². The van der Waals surface area contributed by atoms with Gasteiger partial charge in [0.25, 0.3) is 0 Å². The molecule has 1 aromatic carbocycles. The molecule has 2 N–H and O–H groups in total. The van der Waals surface area contributed by atoms with Gasteiger partial charge >= 0.3 is 0 Å². The second-order valence-electron chi connectivity index (χ2n) is 5.10. The van der Waals surface area contributed by atoms with Crippen molar-refractivity contribution in [3.63, 3.8) is 0 Å². The van der Waals surface area contributed by atoms with Crippen molar-refractivity contribution in [2.75, 3.05) is 20.3 Å². The van der Waals surface area contributed by atoms with Crippen LogP contribution in [0.2, 0.25) is 0 Å². The first kappa shape index (κ1) is 15.5. The molecule has 1 aromatic heterocycles. The summed E-state index contributed by atoms with van der Waals surface area (Å²) >= 11 is 0. The number of methoxy groups -OCH3 is 1. The van der Waals surface area contributed by atoms with Crippen molar-refractivity contribution in [2.45, 2.75) is 26.5 Å². The van der Waals surface area contributed by atoms with Crippen LogP contribution >= 0.6 is 0 Å². The van der Waals surface area contributed by atoms with E-state index in [-0.39, 0.29) is 6.10 Å². The van der Waals surface area contributed by atoms with E-state index in [2.05, 4.69) is 15.3 Å². The standard InChI is InChI=1S/C16H23N3O2/c1-12(2)21-14-6-4-13(5-7-14)15-10-18-16(19-15)11-17-8-9-20-3/h4-7,10,12,17H,8-9,11H2,1-3H3,(H,18,19). The van der Waals surface area contributed by atoms with E-state index in [0.29, 0.717) is 13.2 Å². The Labute approximate surface area is 125 Å². The van der Waals surface area contributed by atoms with Gasteiger partial charge in [-0.1, -0.05) is 0 Å². The van der Waals surface area contributed by atoms with Gasteiger partial charge in [0.1, 0.15) is 11.6 Å². The topological polar surface area (TPSA) is 59.2 Å². The third-order valence-corrected chi connectivity index (χ3v) is 2.94. The molecule has 21 heavy (non-hydrogen) atoms. The summed E-state index contributed by atoms with van der Waals surface area (Å²) in [4.78, 5) is 7.68. The van der Waals surface area contributed by atoms with E-state index in [1.54, 1.807) is 7.11 Å². The Morgan fingerprint density at radius 2 is 2.00 bits per heavy atom. The lowest BCUT2D eigenvalue weighted by Gasteiger charge is -2.09. The Morgan fingerprint density at radius 1 is 1.24 bits per heavy atom. The smallest absolute Gasteiger partial charge is 0.120 e. The predicted octanol–water partition coefficient (Wildman–Crippen LogP) is 2.60. The molecule has 0 saturated carbocycles. The number of nitrogens with one attached hydrogen (secondary N) is 2. The second-order valence-corrected chi connectivity index (χ2v) is 5.10. The zero-order chi connectivity index (χ0) is 15.1. The van der Waals surface area contributed by atoms with E-state index >= 15 is 0 Å². The molecule has 0 aliphatic heterocycles. The quantitative estimate of drug-likeness (QED) is 0.733. The van der Waals surface area contributed by atoms with Crippen LogP contribution in [0.4, 0.5) is 0 Å². The summed E-state index contributed by atoms with van der Waals surface area (Å²) in [7, 11) is 1.69. The Balaban J connectivity index is 1.94. The molecule has 0 bridgehead atoms. The van der Waals surface area contributed by atoms with Gasteiger partial charge in [-0.05, 0) is 43.7 Å².